The third kappa shape index (κ3) is 4.02. The average Bonchev–Trinajstić information content (AvgIpc) is 2.37. The molecule has 0 spiro atoms. The zero-order valence-corrected chi connectivity index (χ0v) is 10.7. The molecule has 0 saturated carbocycles. The van der Waals surface area contributed by atoms with Crippen molar-refractivity contribution in [2.24, 2.45) is 0 Å². The maximum atomic E-state index is 12.6. The second kappa shape index (κ2) is 6.28. The van der Waals surface area contributed by atoms with Crippen LogP contribution >= 0.6 is 0 Å². The summed E-state index contributed by atoms with van der Waals surface area (Å²) in [6.45, 7) is 4.31. The number of halogens is 3. The van der Waals surface area contributed by atoms with E-state index in [9.17, 15) is 13.2 Å². The van der Waals surface area contributed by atoms with Crippen LogP contribution in [0.2, 0.25) is 0 Å². The van der Waals surface area contributed by atoms with E-state index in [0.717, 1.165) is 18.9 Å². The predicted molar refractivity (Wildman–Crippen MR) is 68.9 cm³/mol. The van der Waals surface area contributed by atoms with Gasteiger partial charge in [0.1, 0.15) is 0 Å². The van der Waals surface area contributed by atoms with Crippen LogP contribution < -0.4 is 4.90 Å². The first kappa shape index (κ1) is 15.1. The van der Waals surface area contributed by atoms with Gasteiger partial charge in [0, 0.05) is 19.3 Å². The maximum absolute atomic E-state index is 12.6. The highest BCUT2D eigenvalue weighted by Crippen LogP contribution is 2.33. The molecule has 0 aliphatic heterocycles. The third-order valence-electron chi connectivity index (χ3n) is 2.77. The van der Waals surface area contributed by atoms with Gasteiger partial charge in [-0.25, -0.2) is 0 Å². The molecular weight excluding hydrogens is 253 g/mol. The van der Waals surface area contributed by atoms with Gasteiger partial charge < -0.3 is 4.90 Å². The number of benzene rings is 1. The van der Waals surface area contributed by atoms with Crippen LogP contribution in [0.15, 0.2) is 30.9 Å². The van der Waals surface area contributed by atoms with Gasteiger partial charge in [-0.05, 0) is 31.0 Å². The number of nitriles is 1. The van der Waals surface area contributed by atoms with Crippen LogP contribution in [0.4, 0.5) is 18.9 Å². The van der Waals surface area contributed by atoms with Crippen LogP contribution in [0.5, 0.6) is 0 Å². The molecule has 0 aliphatic rings. The lowest BCUT2D eigenvalue weighted by Crippen LogP contribution is -2.19. The van der Waals surface area contributed by atoms with Gasteiger partial charge in [-0.1, -0.05) is 6.08 Å². The van der Waals surface area contributed by atoms with E-state index in [1.54, 1.807) is 19.2 Å². The number of anilines is 1. The summed E-state index contributed by atoms with van der Waals surface area (Å²) in [5.74, 6) is 0. The highest BCUT2D eigenvalue weighted by atomic mass is 19.4. The summed E-state index contributed by atoms with van der Waals surface area (Å²) in [5.41, 5.74) is -0.632. The number of rotatable bonds is 5. The number of alkyl halides is 3. The molecule has 0 atom stereocenters. The van der Waals surface area contributed by atoms with Crippen molar-refractivity contribution in [3.8, 4) is 6.07 Å². The fraction of sp³-hybridized carbons (Fsp3) is 0.357. The molecular formula is C14H15F3N2. The second-order valence-electron chi connectivity index (χ2n) is 4.19. The quantitative estimate of drug-likeness (QED) is 0.596. The van der Waals surface area contributed by atoms with Crippen LogP contribution in [0.3, 0.4) is 0 Å². The SMILES string of the molecule is C=CCCCN(C)c1ccc(C(F)(F)F)c(C#N)c1. The zero-order valence-electron chi connectivity index (χ0n) is 10.7. The standard InChI is InChI=1S/C14H15F3N2/c1-3-4-5-8-19(2)12-6-7-13(14(15,16)17)11(9-12)10-18/h3,6-7,9H,1,4-5,8H2,2H3. The Kier molecular flexibility index (Phi) is 4.99. The number of allylic oxidation sites excluding steroid dienone is 1. The smallest absolute Gasteiger partial charge is 0.375 e. The molecule has 0 fully saturated rings. The topological polar surface area (TPSA) is 27.0 Å². The summed E-state index contributed by atoms with van der Waals surface area (Å²) in [6.07, 6.45) is -0.995. The normalized spacial score (nSPS) is 10.9. The van der Waals surface area contributed by atoms with Gasteiger partial charge >= 0.3 is 6.18 Å². The third-order valence-corrected chi connectivity index (χ3v) is 2.77. The number of hydrogen-bond acceptors (Lipinski definition) is 2. The summed E-state index contributed by atoms with van der Waals surface area (Å²) in [4.78, 5) is 1.82. The first-order valence-corrected chi connectivity index (χ1v) is 5.83. The van der Waals surface area contributed by atoms with Gasteiger partial charge in [-0.15, -0.1) is 6.58 Å². The lowest BCUT2D eigenvalue weighted by atomic mass is 10.1. The van der Waals surface area contributed by atoms with Crippen molar-refractivity contribution in [1.29, 1.82) is 5.26 Å². The van der Waals surface area contributed by atoms with E-state index >= 15 is 0 Å². The van der Waals surface area contributed by atoms with Crippen molar-refractivity contribution in [3.63, 3.8) is 0 Å². The molecule has 19 heavy (non-hydrogen) atoms. The summed E-state index contributed by atoms with van der Waals surface area (Å²) in [6, 6.07) is 5.22. The molecule has 0 N–H and O–H groups in total. The average molecular weight is 268 g/mol. The van der Waals surface area contributed by atoms with E-state index < -0.39 is 11.7 Å². The van der Waals surface area contributed by atoms with Crippen molar-refractivity contribution in [2.45, 2.75) is 19.0 Å². The highest BCUT2D eigenvalue weighted by molar-refractivity contribution is 5.54. The van der Waals surface area contributed by atoms with E-state index in [0.29, 0.717) is 12.2 Å². The van der Waals surface area contributed by atoms with Gasteiger partial charge in [0.2, 0.25) is 0 Å². The Bertz CT molecular complexity index is 486. The van der Waals surface area contributed by atoms with Crippen molar-refractivity contribution in [3.05, 3.63) is 42.0 Å². The molecule has 0 heterocycles. The fourth-order valence-electron chi connectivity index (χ4n) is 1.71. The lowest BCUT2D eigenvalue weighted by Gasteiger charge is -2.20. The molecule has 0 unspecified atom stereocenters. The van der Waals surface area contributed by atoms with Crippen molar-refractivity contribution < 1.29 is 13.2 Å². The van der Waals surface area contributed by atoms with Crippen molar-refractivity contribution in [1.82, 2.24) is 0 Å². The summed E-state index contributed by atoms with van der Waals surface area (Å²) < 4.78 is 37.9. The van der Waals surface area contributed by atoms with Crippen LogP contribution in [-0.4, -0.2) is 13.6 Å². The molecule has 1 aromatic rings. The van der Waals surface area contributed by atoms with Crippen LogP contribution in [0, 0.1) is 11.3 Å². The van der Waals surface area contributed by atoms with Crippen LogP contribution in [0.25, 0.3) is 0 Å². The van der Waals surface area contributed by atoms with E-state index in [2.05, 4.69) is 6.58 Å². The molecule has 0 saturated heterocycles. The zero-order chi connectivity index (χ0) is 14.5. The van der Waals surface area contributed by atoms with Gasteiger partial charge in [0.25, 0.3) is 0 Å². The Balaban J connectivity index is 2.94. The Morgan fingerprint density at radius 3 is 2.63 bits per heavy atom. The molecule has 102 valence electrons. The van der Waals surface area contributed by atoms with Gasteiger partial charge in [0.05, 0.1) is 17.2 Å². The second-order valence-corrected chi connectivity index (χ2v) is 4.19. The number of unbranched alkanes of at least 4 members (excludes halogenated alkanes) is 1. The molecule has 0 radical (unpaired) electrons. The molecule has 1 rings (SSSR count). The number of hydrogen-bond donors (Lipinski definition) is 0. The molecule has 0 aromatic heterocycles. The summed E-state index contributed by atoms with van der Waals surface area (Å²) in [7, 11) is 1.78. The molecule has 5 heteroatoms. The van der Waals surface area contributed by atoms with E-state index in [4.69, 9.17) is 5.26 Å². The number of nitrogens with zero attached hydrogens (tertiary/aromatic N) is 2. The Morgan fingerprint density at radius 1 is 1.42 bits per heavy atom. The predicted octanol–water partition coefficient (Wildman–Crippen LogP) is 3.98. The van der Waals surface area contributed by atoms with Gasteiger partial charge in [-0.2, -0.15) is 18.4 Å². The molecule has 2 nitrogen and oxygen atoms in total. The van der Waals surface area contributed by atoms with Crippen molar-refractivity contribution in [2.75, 3.05) is 18.5 Å². The maximum Gasteiger partial charge on any atom is 0.417 e. The minimum absolute atomic E-state index is 0.347. The monoisotopic (exact) mass is 268 g/mol. The van der Waals surface area contributed by atoms with Crippen LogP contribution in [0.1, 0.15) is 24.0 Å². The van der Waals surface area contributed by atoms with E-state index in [-0.39, 0.29) is 5.56 Å². The van der Waals surface area contributed by atoms with Gasteiger partial charge in [-0.3, -0.25) is 0 Å². The Hall–Kier alpha value is -1.96. The van der Waals surface area contributed by atoms with Gasteiger partial charge in [0.15, 0.2) is 0 Å². The minimum Gasteiger partial charge on any atom is -0.375 e. The molecule has 0 bridgehead atoms. The Morgan fingerprint density at radius 2 is 2.11 bits per heavy atom. The highest BCUT2D eigenvalue weighted by Gasteiger charge is 2.33. The first-order chi connectivity index (χ1) is 8.90. The van der Waals surface area contributed by atoms with E-state index in [1.165, 1.54) is 12.1 Å². The minimum atomic E-state index is -4.50. The fourth-order valence-corrected chi connectivity index (χ4v) is 1.71. The van der Waals surface area contributed by atoms with Crippen molar-refractivity contribution >= 4 is 5.69 Å². The summed E-state index contributed by atoms with van der Waals surface area (Å²) in [5, 5.41) is 8.82. The van der Waals surface area contributed by atoms with E-state index in [1.807, 2.05) is 4.90 Å². The van der Waals surface area contributed by atoms with Crippen LogP contribution in [-0.2, 0) is 6.18 Å². The first-order valence-electron chi connectivity index (χ1n) is 5.83. The molecule has 0 aliphatic carbocycles. The Labute approximate surface area is 110 Å². The summed E-state index contributed by atoms with van der Waals surface area (Å²) >= 11 is 0. The molecule has 0 amide bonds. The molecule has 1 aromatic carbocycles. The lowest BCUT2D eigenvalue weighted by molar-refractivity contribution is -0.137. The largest absolute Gasteiger partial charge is 0.417 e.